The molecule has 1 aromatic rings. The summed E-state index contributed by atoms with van der Waals surface area (Å²) in [6, 6.07) is 8.15. The maximum atomic E-state index is 5.88. The average molecular weight is 419 g/mol. The smallest absolute Gasteiger partial charge is 0.119 e. The first-order valence-corrected chi connectivity index (χ1v) is 13.2. The molecule has 0 amide bonds. The predicted molar refractivity (Wildman–Crippen MR) is 132 cm³/mol. The lowest BCUT2D eigenvalue weighted by atomic mass is 10.1. The fourth-order valence-corrected chi connectivity index (χ4v) is 3.84. The van der Waals surface area contributed by atoms with Crippen LogP contribution in [0.1, 0.15) is 129 Å². The van der Waals surface area contributed by atoms with Gasteiger partial charge in [0.15, 0.2) is 0 Å². The summed E-state index contributed by atoms with van der Waals surface area (Å²) < 4.78 is 11.7. The monoisotopic (exact) mass is 418 g/mol. The molecule has 0 aliphatic rings. The SMILES string of the molecule is CCCCCCCCCCCCCCOc1ccc(OCCCCCCCC)cc1. The number of hydrogen-bond donors (Lipinski definition) is 0. The van der Waals surface area contributed by atoms with E-state index in [9.17, 15) is 0 Å². The summed E-state index contributed by atoms with van der Waals surface area (Å²) in [6.07, 6.45) is 24.4. The van der Waals surface area contributed by atoms with Gasteiger partial charge in [0.2, 0.25) is 0 Å². The summed E-state index contributed by atoms with van der Waals surface area (Å²) in [6.45, 7) is 6.20. The maximum absolute atomic E-state index is 5.88. The minimum atomic E-state index is 0.825. The van der Waals surface area contributed by atoms with Crippen LogP contribution < -0.4 is 9.47 Å². The van der Waals surface area contributed by atoms with E-state index in [-0.39, 0.29) is 0 Å². The Morgan fingerprint density at radius 3 is 0.967 bits per heavy atom. The summed E-state index contributed by atoms with van der Waals surface area (Å²) in [5, 5.41) is 0. The molecule has 0 saturated heterocycles. The third-order valence-corrected chi connectivity index (χ3v) is 5.86. The van der Waals surface area contributed by atoms with Crippen LogP contribution in [0, 0.1) is 0 Å². The lowest BCUT2D eigenvalue weighted by Gasteiger charge is -2.09. The van der Waals surface area contributed by atoms with Gasteiger partial charge in [0.05, 0.1) is 13.2 Å². The molecule has 0 heterocycles. The van der Waals surface area contributed by atoms with E-state index in [4.69, 9.17) is 9.47 Å². The highest BCUT2D eigenvalue weighted by Gasteiger charge is 1.98. The lowest BCUT2D eigenvalue weighted by molar-refractivity contribution is 0.296. The van der Waals surface area contributed by atoms with Crippen LogP contribution in [0.15, 0.2) is 24.3 Å². The molecule has 0 bridgehead atoms. The van der Waals surface area contributed by atoms with Gasteiger partial charge in [-0.25, -0.2) is 0 Å². The standard InChI is InChI=1S/C28H50O2/c1-3-5-7-9-11-12-13-14-15-16-18-20-26-30-28-23-21-27(22-24-28)29-25-19-17-10-8-6-4-2/h21-24H,3-20,25-26H2,1-2H3. The Bertz CT molecular complexity index is 454. The van der Waals surface area contributed by atoms with Crippen molar-refractivity contribution in [1.29, 1.82) is 0 Å². The summed E-state index contributed by atoms with van der Waals surface area (Å²) in [5.74, 6) is 1.92. The van der Waals surface area contributed by atoms with Crippen molar-refractivity contribution < 1.29 is 9.47 Å². The zero-order valence-corrected chi connectivity index (χ0v) is 20.3. The predicted octanol–water partition coefficient (Wildman–Crippen LogP) is 9.51. The Labute approximate surface area is 188 Å². The molecule has 1 rings (SSSR count). The van der Waals surface area contributed by atoms with E-state index >= 15 is 0 Å². The molecule has 0 aromatic heterocycles. The highest BCUT2D eigenvalue weighted by molar-refractivity contribution is 5.31. The largest absolute Gasteiger partial charge is 0.494 e. The summed E-state index contributed by atoms with van der Waals surface area (Å²) in [5.41, 5.74) is 0. The summed E-state index contributed by atoms with van der Waals surface area (Å²) in [7, 11) is 0. The summed E-state index contributed by atoms with van der Waals surface area (Å²) in [4.78, 5) is 0. The Balaban J connectivity index is 1.89. The molecular formula is C28H50O2. The van der Waals surface area contributed by atoms with Gasteiger partial charge in [0, 0.05) is 0 Å². The Hall–Kier alpha value is -1.18. The van der Waals surface area contributed by atoms with Crippen molar-refractivity contribution in [3.05, 3.63) is 24.3 Å². The molecule has 0 saturated carbocycles. The van der Waals surface area contributed by atoms with Gasteiger partial charge in [0.1, 0.15) is 11.5 Å². The Morgan fingerprint density at radius 2 is 0.667 bits per heavy atom. The van der Waals surface area contributed by atoms with Gasteiger partial charge in [-0.2, -0.15) is 0 Å². The van der Waals surface area contributed by atoms with Gasteiger partial charge in [0.25, 0.3) is 0 Å². The zero-order valence-electron chi connectivity index (χ0n) is 20.3. The number of unbranched alkanes of at least 4 members (excludes halogenated alkanes) is 16. The van der Waals surface area contributed by atoms with Crippen LogP contribution in [-0.2, 0) is 0 Å². The molecule has 0 spiro atoms. The molecule has 0 atom stereocenters. The quantitative estimate of drug-likeness (QED) is 0.174. The van der Waals surface area contributed by atoms with Gasteiger partial charge >= 0.3 is 0 Å². The molecule has 0 aliphatic carbocycles. The Kier molecular flexibility index (Phi) is 18.9. The molecule has 0 fully saturated rings. The number of rotatable bonds is 22. The van der Waals surface area contributed by atoms with Gasteiger partial charge in [-0.05, 0) is 37.1 Å². The molecule has 2 nitrogen and oxygen atoms in total. The highest BCUT2D eigenvalue weighted by Crippen LogP contribution is 2.19. The molecule has 0 aliphatic heterocycles. The molecular weight excluding hydrogens is 368 g/mol. The molecule has 0 radical (unpaired) electrons. The van der Waals surface area contributed by atoms with Crippen molar-refractivity contribution in [2.75, 3.05) is 13.2 Å². The zero-order chi connectivity index (χ0) is 21.5. The van der Waals surface area contributed by atoms with Crippen LogP contribution in [0.2, 0.25) is 0 Å². The van der Waals surface area contributed by atoms with Crippen LogP contribution in [0.25, 0.3) is 0 Å². The number of hydrogen-bond acceptors (Lipinski definition) is 2. The van der Waals surface area contributed by atoms with Crippen molar-refractivity contribution in [3.8, 4) is 11.5 Å². The van der Waals surface area contributed by atoms with Gasteiger partial charge in [-0.1, -0.05) is 117 Å². The molecule has 1 aromatic carbocycles. The van der Waals surface area contributed by atoms with Crippen LogP contribution in [-0.4, -0.2) is 13.2 Å². The van der Waals surface area contributed by atoms with Crippen molar-refractivity contribution >= 4 is 0 Å². The number of ether oxygens (including phenoxy) is 2. The molecule has 30 heavy (non-hydrogen) atoms. The summed E-state index contributed by atoms with van der Waals surface area (Å²) >= 11 is 0. The fourth-order valence-electron chi connectivity index (χ4n) is 3.84. The highest BCUT2D eigenvalue weighted by atomic mass is 16.5. The van der Waals surface area contributed by atoms with Crippen LogP contribution >= 0.6 is 0 Å². The van der Waals surface area contributed by atoms with E-state index in [0.29, 0.717) is 0 Å². The minimum Gasteiger partial charge on any atom is -0.494 e. The minimum absolute atomic E-state index is 0.825. The normalized spacial score (nSPS) is 11.0. The molecule has 2 heteroatoms. The van der Waals surface area contributed by atoms with E-state index in [1.54, 1.807) is 0 Å². The molecule has 174 valence electrons. The van der Waals surface area contributed by atoms with E-state index in [2.05, 4.69) is 13.8 Å². The lowest BCUT2D eigenvalue weighted by Crippen LogP contribution is -1.99. The van der Waals surface area contributed by atoms with Gasteiger partial charge < -0.3 is 9.47 Å². The van der Waals surface area contributed by atoms with Crippen molar-refractivity contribution in [2.24, 2.45) is 0 Å². The van der Waals surface area contributed by atoms with Crippen LogP contribution in [0.4, 0.5) is 0 Å². The van der Waals surface area contributed by atoms with Crippen molar-refractivity contribution in [3.63, 3.8) is 0 Å². The van der Waals surface area contributed by atoms with Gasteiger partial charge in [-0.3, -0.25) is 0 Å². The van der Waals surface area contributed by atoms with E-state index in [1.807, 2.05) is 24.3 Å². The second-order valence-corrected chi connectivity index (χ2v) is 8.83. The molecule has 0 unspecified atom stereocenters. The van der Waals surface area contributed by atoms with Crippen LogP contribution in [0.5, 0.6) is 11.5 Å². The average Bonchev–Trinajstić information content (AvgIpc) is 2.77. The Morgan fingerprint density at radius 1 is 0.400 bits per heavy atom. The van der Waals surface area contributed by atoms with Crippen molar-refractivity contribution in [2.45, 2.75) is 129 Å². The second-order valence-electron chi connectivity index (χ2n) is 8.83. The van der Waals surface area contributed by atoms with Crippen molar-refractivity contribution in [1.82, 2.24) is 0 Å². The van der Waals surface area contributed by atoms with E-state index < -0.39 is 0 Å². The first-order valence-electron chi connectivity index (χ1n) is 13.2. The molecule has 0 N–H and O–H groups in total. The third-order valence-electron chi connectivity index (χ3n) is 5.86. The first-order chi connectivity index (χ1) is 14.9. The maximum Gasteiger partial charge on any atom is 0.119 e. The van der Waals surface area contributed by atoms with E-state index in [0.717, 1.165) is 37.6 Å². The van der Waals surface area contributed by atoms with Gasteiger partial charge in [-0.15, -0.1) is 0 Å². The third kappa shape index (κ3) is 16.6. The fraction of sp³-hybridized carbons (Fsp3) is 0.786. The topological polar surface area (TPSA) is 18.5 Å². The van der Waals surface area contributed by atoms with Crippen LogP contribution in [0.3, 0.4) is 0 Å². The second kappa shape index (κ2) is 21.1. The number of benzene rings is 1. The first kappa shape index (κ1) is 26.9. The van der Waals surface area contributed by atoms with E-state index in [1.165, 1.54) is 103 Å².